The maximum atomic E-state index is 4.50. The minimum atomic E-state index is 0.321. The number of benzene rings is 1. The summed E-state index contributed by atoms with van der Waals surface area (Å²) in [6.07, 6.45) is 5.26. The fraction of sp³-hybridized carbons (Fsp3) is 0.368. The minimum Gasteiger partial charge on any atom is -0.297 e. The van der Waals surface area contributed by atoms with Crippen molar-refractivity contribution in [3.8, 4) is 0 Å². The summed E-state index contributed by atoms with van der Waals surface area (Å²) in [5.41, 5.74) is 4.93. The van der Waals surface area contributed by atoms with Crippen LogP contribution in [0.2, 0.25) is 0 Å². The zero-order valence-corrected chi connectivity index (χ0v) is 13.7. The second-order valence-electron chi connectivity index (χ2n) is 6.70. The first-order valence-electron chi connectivity index (χ1n) is 8.27. The molecule has 3 aromatic rings. The monoisotopic (exact) mass is 306 g/mol. The molecule has 1 saturated heterocycles. The van der Waals surface area contributed by atoms with Gasteiger partial charge in [0, 0.05) is 49.1 Å². The summed E-state index contributed by atoms with van der Waals surface area (Å²) in [6, 6.07) is 12.9. The third-order valence-electron chi connectivity index (χ3n) is 5.01. The molecule has 1 fully saturated rings. The van der Waals surface area contributed by atoms with Gasteiger partial charge in [-0.15, -0.1) is 0 Å². The molecule has 0 bridgehead atoms. The number of rotatable bonds is 4. The van der Waals surface area contributed by atoms with Crippen LogP contribution in [-0.4, -0.2) is 32.6 Å². The lowest BCUT2D eigenvalue weighted by Crippen LogP contribution is -2.58. The molecule has 1 aromatic carbocycles. The number of aromatic nitrogens is 3. The molecule has 0 saturated carbocycles. The van der Waals surface area contributed by atoms with Gasteiger partial charge in [-0.1, -0.05) is 37.3 Å². The molecule has 118 valence electrons. The molecule has 3 heterocycles. The number of hydrogen-bond acceptors (Lipinski definition) is 3. The van der Waals surface area contributed by atoms with Crippen LogP contribution in [0.4, 0.5) is 0 Å². The Balaban J connectivity index is 1.48. The molecule has 0 atom stereocenters. The van der Waals surface area contributed by atoms with Gasteiger partial charge in [-0.3, -0.25) is 4.90 Å². The van der Waals surface area contributed by atoms with Crippen molar-refractivity contribution in [3.63, 3.8) is 0 Å². The molecule has 4 heteroatoms. The van der Waals surface area contributed by atoms with E-state index in [-0.39, 0.29) is 0 Å². The summed E-state index contributed by atoms with van der Waals surface area (Å²) in [5.74, 6) is 0. The van der Waals surface area contributed by atoms with E-state index in [0.717, 1.165) is 31.0 Å². The summed E-state index contributed by atoms with van der Waals surface area (Å²) in [5, 5.41) is 4.45. The van der Waals surface area contributed by atoms with Crippen molar-refractivity contribution in [2.75, 3.05) is 13.1 Å². The first-order chi connectivity index (χ1) is 11.2. The van der Waals surface area contributed by atoms with Crippen LogP contribution in [0.5, 0.6) is 0 Å². The van der Waals surface area contributed by atoms with Crippen LogP contribution < -0.4 is 0 Å². The van der Waals surface area contributed by atoms with Gasteiger partial charge in [0.2, 0.25) is 0 Å². The van der Waals surface area contributed by atoms with Gasteiger partial charge >= 0.3 is 0 Å². The third-order valence-corrected chi connectivity index (χ3v) is 5.01. The predicted molar refractivity (Wildman–Crippen MR) is 91.4 cm³/mol. The van der Waals surface area contributed by atoms with Crippen molar-refractivity contribution in [1.29, 1.82) is 0 Å². The average molecular weight is 306 g/mol. The molecule has 4 rings (SSSR count). The van der Waals surface area contributed by atoms with Gasteiger partial charge in [0.05, 0.1) is 5.69 Å². The summed E-state index contributed by atoms with van der Waals surface area (Å²) in [6.45, 7) is 7.47. The maximum absolute atomic E-state index is 4.50. The van der Waals surface area contributed by atoms with Crippen molar-refractivity contribution >= 4 is 5.65 Å². The summed E-state index contributed by atoms with van der Waals surface area (Å²) >= 11 is 0. The number of aryl methyl sites for hydroxylation is 1. The Kier molecular flexibility index (Phi) is 3.42. The van der Waals surface area contributed by atoms with Crippen LogP contribution in [0, 0.1) is 6.92 Å². The van der Waals surface area contributed by atoms with Gasteiger partial charge in [0.1, 0.15) is 0 Å². The van der Waals surface area contributed by atoms with Gasteiger partial charge in [-0.2, -0.15) is 5.10 Å². The van der Waals surface area contributed by atoms with Crippen molar-refractivity contribution in [3.05, 3.63) is 65.6 Å². The molecule has 4 nitrogen and oxygen atoms in total. The van der Waals surface area contributed by atoms with Crippen LogP contribution >= 0.6 is 0 Å². The quantitative estimate of drug-likeness (QED) is 0.742. The predicted octanol–water partition coefficient (Wildman–Crippen LogP) is 3.20. The topological polar surface area (TPSA) is 33.4 Å². The lowest BCUT2D eigenvalue weighted by molar-refractivity contribution is 0.0539. The largest absolute Gasteiger partial charge is 0.297 e. The number of hydrogen-bond donors (Lipinski definition) is 0. The van der Waals surface area contributed by atoms with Gasteiger partial charge in [0.25, 0.3) is 0 Å². The molecule has 0 radical (unpaired) electrons. The second kappa shape index (κ2) is 5.46. The van der Waals surface area contributed by atoms with E-state index < -0.39 is 0 Å². The van der Waals surface area contributed by atoms with E-state index in [9.17, 15) is 0 Å². The molecule has 0 aliphatic carbocycles. The van der Waals surface area contributed by atoms with Crippen molar-refractivity contribution in [2.45, 2.75) is 32.2 Å². The van der Waals surface area contributed by atoms with E-state index >= 15 is 0 Å². The normalized spacial score (nSPS) is 17.3. The Morgan fingerprint density at radius 2 is 1.96 bits per heavy atom. The van der Waals surface area contributed by atoms with Crippen LogP contribution in [0.15, 0.2) is 48.8 Å². The highest BCUT2D eigenvalue weighted by atomic mass is 15.3. The Labute approximate surface area is 136 Å². The number of likely N-dealkylation sites (tertiary alicyclic amines) is 1. The van der Waals surface area contributed by atoms with Crippen LogP contribution in [0.1, 0.15) is 30.2 Å². The Hall–Kier alpha value is -2.20. The zero-order chi connectivity index (χ0) is 15.9. The summed E-state index contributed by atoms with van der Waals surface area (Å²) in [4.78, 5) is 7.00. The van der Waals surface area contributed by atoms with E-state index in [0.29, 0.717) is 5.41 Å². The molecule has 0 N–H and O–H groups in total. The fourth-order valence-corrected chi connectivity index (χ4v) is 3.70. The molecule has 2 aromatic heterocycles. The molecule has 0 amide bonds. The van der Waals surface area contributed by atoms with Gasteiger partial charge in [-0.05, 0) is 18.9 Å². The highest BCUT2D eigenvalue weighted by Gasteiger charge is 2.42. The lowest BCUT2D eigenvalue weighted by atomic mass is 9.71. The number of nitrogens with zero attached hydrogens (tertiary/aromatic N) is 4. The zero-order valence-electron chi connectivity index (χ0n) is 13.7. The molecule has 23 heavy (non-hydrogen) atoms. The summed E-state index contributed by atoms with van der Waals surface area (Å²) in [7, 11) is 0. The average Bonchev–Trinajstić information content (AvgIpc) is 2.90. The van der Waals surface area contributed by atoms with E-state index in [4.69, 9.17) is 0 Å². The van der Waals surface area contributed by atoms with E-state index in [1.807, 2.05) is 23.7 Å². The van der Waals surface area contributed by atoms with E-state index in [1.54, 1.807) is 0 Å². The van der Waals surface area contributed by atoms with Gasteiger partial charge < -0.3 is 0 Å². The lowest BCUT2D eigenvalue weighted by Gasteiger charge is -2.50. The van der Waals surface area contributed by atoms with E-state index in [1.165, 1.54) is 17.5 Å². The first-order valence-corrected chi connectivity index (χ1v) is 8.27. The highest BCUT2D eigenvalue weighted by Crippen LogP contribution is 2.38. The summed E-state index contributed by atoms with van der Waals surface area (Å²) < 4.78 is 1.88. The molecule has 0 spiro atoms. The fourth-order valence-electron chi connectivity index (χ4n) is 3.70. The first kappa shape index (κ1) is 14.4. The smallest absolute Gasteiger partial charge is 0.155 e. The Bertz CT molecular complexity index is 816. The molecule has 1 aliphatic heterocycles. The van der Waals surface area contributed by atoms with Crippen LogP contribution in [0.3, 0.4) is 0 Å². The third kappa shape index (κ3) is 2.53. The Morgan fingerprint density at radius 1 is 1.17 bits per heavy atom. The van der Waals surface area contributed by atoms with E-state index in [2.05, 4.69) is 58.4 Å². The van der Waals surface area contributed by atoms with Crippen LogP contribution in [0.25, 0.3) is 5.65 Å². The van der Waals surface area contributed by atoms with Gasteiger partial charge in [0.15, 0.2) is 5.65 Å². The molecule has 0 unspecified atom stereocenters. The van der Waals surface area contributed by atoms with Crippen LogP contribution in [-0.2, 0) is 12.0 Å². The van der Waals surface area contributed by atoms with Crippen molar-refractivity contribution < 1.29 is 0 Å². The maximum Gasteiger partial charge on any atom is 0.155 e. The van der Waals surface area contributed by atoms with Crippen molar-refractivity contribution in [1.82, 2.24) is 19.5 Å². The number of fused-ring (bicyclic) bond motifs is 1. The molecular weight excluding hydrogens is 284 g/mol. The highest BCUT2D eigenvalue weighted by molar-refractivity contribution is 5.39. The second-order valence-corrected chi connectivity index (χ2v) is 6.70. The SMILES string of the molecule is CCC1(c2ccccc2)CN(Cc2cnc3cc(C)nn3c2)C1. The standard InChI is InChI=1S/C19H22N4/c1-3-19(17-7-5-4-6-8-17)13-22(14-19)11-16-10-20-18-9-15(2)21-23(18)12-16/h4-10,12H,3,11,13-14H2,1-2H3. The Morgan fingerprint density at radius 3 is 2.70 bits per heavy atom. The van der Waals surface area contributed by atoms with Gasteiger partial charge in [-0.25, -0.2) is 9.50 Å². The van der Waals surface area contributed by atoms with Crippen molar-refractivity contribution in [2.24, 2.45) is 0 Å². The minimum absolute atomic E-state index is 0.321. The molecular formula is C19H22N4. The molecule has 1 aliphatic rings.